The van der Waals surface area contributed by atoms with Gasteiger partial charge in [0.25, 0.3) is 11.8 Å². The average molecular weight is 450 g/mol. The molecule has 3 amide bonds. The second kappa shape index (κ2) is 10.3. The van der Waals surface area contributed by atoms with Crippen molar-refractivity contribution < 1.29 is 14.4 Å². The van der Waals surface area contributed by atoms with E-state index in [4.69, 9.17) is 0 Å². The molecule has 0 radical (unpaired) electrons. The molecule has 0 fully saturated rings. The van der Waals surface area contributed by atoms with Gasteiger partial charge >= 0.3 is 0 Å². The molecule has 0 aliphatic carbocycles. The fourth-order valence-electron chi connectivity index (χ4n) is 3.96. The summed E-state index contributed by atoms with van der Waals surface area (Å²) in [7, 11) is 0. The number of H-pyrrole nitrogens is 1. The van der Waals surface area contributed by atoms with Gasteiger partial charge < -0.3 is 25.8 Å². The van der Waals surface area contributed by atoms with E-state index in [1.165, 1.54) is 6.08 Å². The first-order valence-corrected chi connectivity index (χ1v) is 11.1. The van der Waals surface area contributed by atoms with Crippen LogP contribution in [0.15, 0.2) is 30.9 Å². The zero-order valence-corrected chi connectivity index (χ0v) is 19.6. The average Bonchev–Trinajstić information content (AvgIpc) is 3.25. The van der Waals surface area contributed by atoms with Crippen LogP contribution in [0.4, 0.5) is 11.4 Å². The predicted molar refractivity (Wildman–Crippen MR) is 132 cm³/mol. The molecule has 1 aliphatic rings. The Morgan fingerprint density at radius 2 is 1.91 bits per heavy atom. The van der Waals surface area contributed by atoms with Crippen molar-refractivity contribution in [2.75, 3.05) is 36.8 Å². The molecule has 174 valence electrons. The number of hydrogen-bond donors (Lipinski definition) is 4. The molecule has 1 aliphatic heterocycles. The Labute approximate surface area is 194 Å². The number of rotatable bonds is 9. The molecule has 0 unspecified atom stereocenters. The topological polar surface area (TPSA) is 106 Å². The zero-order valence-electron chi connectivity index (χ0n) is 19.6. The molecule has 1 aromatic carbocycles. The molecule has 4 N–H and O–H groups in total. The van der Waals surface area contributed by atoms with Crippen LogP contribution in [0.3, 0.4) is 0 Å². The van der Waals surface area contributed by atoms with Crippen molar-refractivity contribution in [2.24, 2.45) is 0 Å². The summed E-state index contributed by atoms with van der Waals surface area (Å²) in [5.41, 5.74) is 5.16. The summed E-state index contributed by atoms with van der Waals surface area (Å²) in [5.74, 6) is -0.705. The third-order valence-corrected chi connectivity index (χ3v) is 5.86. The lowest BCUT2D eigenvalue weighted by molar-refractivity contribution is -0.112. The van der Waals surface area contributed by atoms with Gasteiger partial charge in [0, 0.05) is 41.4 Å². The van der Waals surface area contributed by atoms with Crippen molar-refractivity contribution in [2.45, 2.75) is 27.7 Å². The molecule has 0 saturated heterocycles. The van der Waals surface area contributed by atoms with Crippen LogP contribution in [-0.2, 0) is 9.59 Å². The fraction of sp³-hybridized carbons (Fsp3) is 0.320. The first kappa shape index (κ1) is 24.0. The number of carbonyl (C=O) groups excluding carboxylic acids is 3. The number of anilines is 2. The number of aromatic nitrogens is 1. The maximum atomic E-state index is 12.8. The lowest BCUT2D eigenvalue weighted by Gasteiger charge is -2.18. The molecule has 33 heavy (non-hydrogen) atoms. The van der Waals surface area contributed by atoms with Gasteiger partial charge in [-0.1, -0.05) is 20.4 Å². The number of hydrogen-bond acceptors (Lipinski definition) is 4. The van der Waals surface area contributed by atoms with Crippen LogP contribution in [0, 0.1) is 13.8 Å². The van der Waals surface area contributed by atoms with Crippen LogP contribution in [0.5, 0.6) is 0 Å². The van der Waals surface area contributed by atoms with E-state index in [0.717, 1.165) is 30.9 Å². The van der Waals surface area contributed by atoms with Crippen LogP contribution < -0.4 is 16.0 Å². The highest BCUT2D eigenvalue weighted by Gasteiger charge is 2.26. The lowest BCUT2D eigenvalue weighted by atomic mass is 10.0. The third kappa shape index (κ3) is 5.23. The molecular formula is C25H31N5O3. The van der Waals surface area contributed by atoms with Gasteiger partial charge in [-0.3, -0.25) is 14.4 Å². The Hall–Kier alpha value is -3.65. The fourth-order valence-corrected chi connectivity index (χ4v) is 3.96. The summed E-state index contributed by atoms with van der Waals surface area (Å²) in [6.07, 6.45) is 2.93. The number of fused-ring (bicyclic) bond motifs is 1. The van der Waals surface area contributed by atoms with Crippen LogP contribution in [-0.4, -0.2) is 53.8 Å². The lowest BCUT2D eigenvalue weighted by Crippen LogP contribution is -2.35. The van der Waals surface area contributed by atoms with Gasteiger partial charge in [-0.2, -0.15) is 0 Å². The van der Waals surface area contributed by atoms with Crippen molar-refractivity contribution in [1.29, 1.82) is 0 Å². The molecule has 0 bridgehead atoms. The van der Waals surface area contributed by atoms with Gasteiger partial charge in [0.05, 0.1) is 11.1 Å². The summed E-state index contributed by atoms with van der Waals surface area (Å²) in [5, 5.41) is 8.54. The van der Waals surface area contributed by atoms with E-state index in [1.54, 1.807) is 24.3 Å². The highest BCUT2D eigenvalue weighted by atomic mass is 16.2. The first-order valence-electron chi connectivity index (χ1n) is 11.1. The molecule has 1 aromatic heterocycles. The van der Waals surface area contributed by atoms with Crippen molar-refractivity contribution >= 4 is 40.7 Å². The van der Waals surface area contributed by atoms with Gasteiger partial charge in [0.15, 0.2) is 0 Å². The Bertz CT molecular complexity index is 1130. The number of aromatic amines is 1. The second-order valence-corrected chi connectivity index (χ2v) is 7.91. The summed E-state index contributed by atoms with van der Waals surface area (Å²) in [4.78, 5) is 42.6. The molecule has 8 heteroatoms. The van der Waals surface area contributed by atoms with E-state index in [2.05, 4.69) is 46.3 Å². The number of likely N-dealkylation sites (N-methyl/N-ethyl adjacent to an activating group) is 1. The van der Waals surface area contributed by atoms with Gasteiger partial charge in [0.2, 0.25) is 5.91 Å². The first-order chi connectivity index (χ1) is 15.8. The van der Waals surface area contributed by atoms with E-state index in [9.17, 15) is 14.4 Å². The van der Waals surface area contributed by atoms with Crippen molar-refractivity contribution in [3.8, 4) is 0 Å². The minimum Gasteiger partial charge on any atom is -0.358 e. The van der Waals surface area contributed by atoms with Crippen molar-refractivity contribution in [3.05, 3.63) is 58.9 Å². The highest BCUT2D eigenvalue weighted by molar-refractivity contribution is 6.35. The minimum absolute atomic E-state index is 0.135. The van der Waals surface area contributed by atoms with E-state index in [0.29, 0.717) is 40.3 Å². The predicted octanol–water partition coefficient (Wildman–Crippen LogP) is 3.32. The van der Waals surface area contributed by atoms with E-state index < -0.39 is 0 Å². The van der Waals surface area contributed by atoms with Gasteiger partial charge in [-0.15, -0.1) is 0 Å². The van der Waals surface area contributed by atoms with Crippen LogP contribution >= 0.6 is 0 Å². The Kier molecular flexibility index (Phi) is 7.50. The van der Waals surface area contributed by atoms with Crippen LogP contribution in [0.2, 0.25) is 0 Å². The smallest absolute Gasteiger partial charge is 0.256 e. The maximum absolute atomic E-state index is 12.8. The largest absolute Gasteiger partial charge is 0.358 e. The SMILES string of the molecule is C=CC(=O)Nc1ccc2c(c1)/C(=C/c1[nH]c(C)c(C(=O)NCCN(CC)CC)c1C)C(=O)N2. The molecule has 8 nitrogen and oxygen atoms in total. The number of nitrogens with zero attached hydrogens (tertiary/aromatic N) is 1. The second-order valence-electron chi connectivity index (χ2n) is 7.91. The zero-order chi connectivity index (χ0) is 24.1. The van der Waals surface area contributed by atoms with Crippen LogP contribution in [0.25, 0.3) is 11.6 Å². The maximum Gasteiger partial charge on any atom is 0.256 e. The quantitative estimate of drug-likeness (QED) is 0.441. The highest BCUT2D eigenvalue weighted by Crippen LogP contribution is 2.35. The molecule has 3 rings (SSSR count). The number of benzene rings is 1. The van der Waals surface area contributed by atoms with Crippen LogP contribution in [0.1, 0.15) is 46.7 Å². The molecule has 0 saturated carbocycles. The number of aryl methyl sites for hydroxylation is 1. The van der Waals surface area contributed by atoms with Gasteiger partial charge in [0.1, 0.15) is 0 Å². The number of nitrogens with one attached hydrogen (secondary N) is 4. The standard InChI is InChI=1S/C25H31N5O3/c1-6-22(31)28-17-9-10-20-18(13-17)19(24(32)29-20)14-21-15(4)23(16(5)27-21)25(33)26-11-12-30(7-2)8-3/h6,9-10,13-14,27H,1,7-8,11-12H2,2-5H3,(H,26,33)(H,28,31)(H,29,32)/b19-14-. The molecular weight excluding hydrogens is 418 g/mol. The van der Waals surface area contributed by atoms with E-state index in [1.807, 2.05) is 13.8 Å². The van der Waals surface area contributed by atoms with Gasteiger partial charge in [-0.25, -0.2) is 0 Å². The Balaban J connectivity index is 1.85. The third-order valence-electron chi connectivity index (χ3n) is 5.86. The van der Waals surface area contributed by atoms with E-state index >= 15 is 0 Å². The molecule has 2 aromatic rings. The normalized spacial score (nSPS) is 13.7. The summed E-state index contributed by atoms with van der Waals surface area (Å²) < 4.78 is 0. The van der Waals surface area contributed by atoms with E-state index in [-0.39, 0.29) is 17.7 Å². The Morgan fingerprint density at radius 3 is 2.58 bits per heavy atom. The number of amides is 3. The summed E-state index contributed by atoms with van der Waals surface area (Å²) in [6.45, 7) is 14.6. The summed E-state index contributed by atoms with van der Waals surface area (Å²) >= 11 is 0. The molecule has 0 atom stereocenters. The van der Waals surface area contributed by atoms with Gasteiger partial charge in [-0.05, 0) is 62.9 Å². The number of carbonyl (C=O) groups is 3. The Morgan fingerprint density at radius 1 is 1.18 bits per heavy atom. The monoisotopic (exact) mass is 449 g/mol. The van der Waals surface area contributed by atoms with Crippen molar-refractivity contribution in [1.82, 2.24) is 15.2 Å². The molecule has 2 heterocycles. The molecule has 0 spiro atoms. The minimum atomic E-state index is -0.328. The van der Waals surface area contributed by atoms with Crippen molar-refractivity contribution in [3.63, 3.8) is 0 Å². The summed E-state index contributed by atoms with van der Waals surface area (Å²) in [6, 6.07) is 5.20.